The minimum absolute atomic E-state index is 0.239. The SMILES string of the molecule is Cc1nn(-c2ccc(F)cc2)c2nc(N3CCCN(C(=O)C4CCCC4)CC3)sc12. The van der Waals surface area contributed by atoms with Crippen molar-refractivity contribution in [1.82, 2.24) is 19.7 Å². The Labute approximate surface area is 179 Å². The molecule has 1 saturated carbocycles. The standard InChI is InChI=1S/C22H26FN5OS/c1-15-19-20(28(25-15)18-9-7-17(23)8-10-18)24-22(30-19)27-12-4-11-26(13-14-27)21(29)16-5-2-3-6-16/h7-10,16H,2-6,11-14H2,1H3. The minimum atomic E-state index is -0.265. The number of benzene rings is 1. The molecule has 1 saturated heterocycles. The maximum Gasteiger partial charge on any atom is 0.225 e. The Hall–Kier alpha value is -2.48. The Balaban J connectivity index is 1.36. The topological polar surface area (TPSA) is 54.3 Å². The highest BCUT2D eigenvalue weighted by Gasteiger charge is 2.29. The number of anilines is 1. The summed E-state index contributed by atoms with van der Waals surface area (Å²) in [5.74, 6) is 0.323. The van der Waals surface area contributed by atoms with Crippen LogP contribution in [-0.4, -0.2) is 51.8 Å². The largest absolute Gasteiger partial charge is 0.346 e. The molecule has 6 nitrogen and oxygen atoms in total. The van der Waals surface area contributed by atoms with Gasteiger partial charge in [0.1, 0.15) is 5.82 Å². The zero-order chi connectivity index (χ0) is 20.7. The summed E-state index contributed by atoms with van der Waals surface area (Å²) in [6.45, 7) is 5.27. The van der Waals surface area contributed by atoms with Gasteiger partial charge >= 0.3 is 0 Å². The normalized spacial score (nSPS) is 18.3. The Kier molecular flexibility index (Phi) is 5.18. The fraction of sp³-hybridized carbons (Fsp3) is 0.500. The molecule has 1 aliphatic carbocycles. The highest BCUT2D eigenvalue weighted by atomic mass is 32.1. The van der Waals surface area contributed by atoms with Crippen molar-refractivity contribution in [2.75, 3.05) is 31.1 Å². The fourth-order valence-corrected chi connectivity index (χ4v) is 5.62. The number of hydrogen-bond donors (Lipinski definition) is 0. The molecule has 2 aliphatic rings. The van der Waals surface area contributed by atoms with E-state index in [4.69, 9.17) is 4.98 Å². The zero-order valence-electron chi connectivity index (χ0n) is 17.2. The van der Waals surface area contributed by atoms with Gasteiger partial charge in [0, 0.05) is 32.1 Å². The van der Waals surface area contributed by atoms with Gasteiger partial charge in [-0.15, -0.1) is 0 Å². The third-order valence-corrected chi connectivity index (χ3v) is 7.45. The molecule has 0 radical (unpaired) electrons. The van der Waals surface area contributed by atoms with Gasteiger partial charge < -0.3 is 9.80 Å². The molecule has 0 bridgehead atoms. The first-order valence-electron chi connectivity index (χ1n) is 10.8. The lowest BCUT2D eigenvalue weighted by Crippen LogP contribution is -2.38. The molecule has 2 aromatic heterocycles. The Morgan fingerprint density at radius 2 is 1.83 bits per heavy atom. The lowest BCUT2D eigenvalue weighted by molar-refractivity contribution is -0.135. The maximum absolute atomic E-state index is 13.3. The van der Waals surface area contributed by atoms with Crippen LogP contribution >= 0.6 is 11.3 Å². The van der Waals surface area contributed by atoms with Crippen LogP contribution in [0.25, 0.3) is 16.0 Å². The Morgan fingerprint density at radius 3 is 2.60 bits per heavy atom. The molecule has 1 amide bonds. The zero-order valence-corrected chi connectivity index (χ0v) is 18.0. The lowest BCUT2D eigenvalue weighted by atomic mass is 10.1. The number of fused-ring (bicyclic) bond motifs is 1. The van der Waals surface area contributed by atoms with Crippen molar-refractivity contribution in [3.8, 4) is 5.69 Å². The van der Waals surface area contributed by atoms with Gasteiger partial charge in [-0.25, -0.2) is 9.07 Å². The number of nitrogens with zero attached hydrogens (tertiary/aromatic N) is 5. The van der Waals surface area contributed by atoms with Crippen LogP contribution in [-0.2, 0) is 4.79 Å². The predicted molar refractivity (Wildman–Crippen MR) is 117 cm³/mol. The minimum Gasteiger partial charge on any atom is -0.346 e. The molecule has 0 atom stereocenters. The Bertz CT molecular complexity index is 1050. The second-order valence-corrected chi connectivity index (χ2v) is 9.25. The number of aryl methyl sites for hydroxylation is 1. The second-order valence-electron chi connectivity index (χ2n) is 8.27. The highest BCUT2D eigenvalue weighted by Crippen LogP contribution is 2.33. The van der Waals surface area contributed by atoms with Crippen LogP contribution < -0.4 is 4.90 Å². The molecular weight excluding hydrogens is 401 g/mol. The van der Waals surface area contributed by atoms with E-state index in [2.05, 4.69) is 14.9 Å². The molecule has 158 valence electrons. The lowest BCUT2D eigenvalue weighted by Gasteiger charge is -2.24. The summed E-state index contributed by atoms with van der Waals surface area (Å²) in [6.07, 6.45) is 5.43. The number of rotatable bonds is 3. The highest BCUT2D eigenvalue weighted by molar-refractivity contribution is 7.22. The molecule has 1 aliphatic heterocycles. The monoisotopic (exact) mass is 427 g/mol. The van der Waals surface area contributed by atoms with Crippen molar-refractivity contribution in [1.29, 1.82) is 0 Å². The number of amides is 1. The van der Waals surface area contributed by atoms with E-state index in [-0.39, 0.29) is 11.7 Å². The summed E-state index contributed by atoms with van der Waals surface area (Å²) < 4.78 is 16.2. The summed E-state index contributed by atoms with van der Waals surface area (Å²) in [6, 6.07) is 6.32. The van der Waals surface area contributed by atoms with Crippen molar-refractivity contribution >= 4 is 32.7 Å². The van der Waals surface area contributed by atoms with Crippen molar-refractivity contribution in [2.24, 2.45) is 5.92 Å². The number of carbonyl (C=O) groups is 1. The summed E-state index contributed by atoms with van der Waals surface area (Å²) in [7, 11) is 0. The van der Waals surface area contributed by atoms with Crippen molar-refractivity contribution in [3.05, 3.63) is 35.8 Å². The quantitative estimate of drug-likeness (QED) is 0.630. The summed E-state index contributed by atoms with van der Waals surface area (Å²) in [5.41, 5.74) is 2.53. The Morgan fingerprint density at radius 1 is 1.07 bits per heavy atom. The smallest absolute Gasteiger partial charge is 0.225 e. The van der Waals surface area contributed by atoms with E-state index in [0.717, 1.165) is 72.3 Å². The number of hydrogen-bond acceptors (Lipinski definition) is 5. The van der Waals surface area contributed by atoms with Gasteiger partial charge in [0.05, 0.1) is 16.1 Å². The summed E-state index contributed by atoms with van der Waals surface area (Å²) in [4.78, 5) is 22.1. The number of halogens is 1. The van der Waals surface area contributed by atoms with Crippen molar-refractivity contribution < 1.29 is 9.18 Å². The van der Waals surface area contributed by atoms with Crippen LogP contribution in [0.4, 0.5) is 9.52 Å². The van der Waals surface area contributed by atoms with E-state index in [1.807, 2.05) is 6.92 Å². The summed E-state index contributed by atoms with van der Waals surface area (Å²) >= 11 is 1.65. The first-order valence-corrected chi connectivity index (χ1v) is 11.6. The van der Waals surface area contributed by atoms with Gasteiger partial charge in [-0.1, -0.05) is 24.2 Å². The fourth-order valence-electron chi connectivity index (χ4n) is 4.58. The molecular formula is C22H26FN5OS. The number of carbonyl (C=O) groups excluding carboxylic acids is 1. The predicted octanol–water partition coefficient (Wildman–Crippen LogP) is 4.16. The van der Waals surface area contributed by atoms with Crippen LogP contribution in [0.5, 0.6) is 0 Å². The molecule has 2 fully saturated rings. The van der Waals surface area contributed by atoms with E-state index in [1.54, 1.807) is 28.2 Å². The van der Waals surface area contributed by atoms with Gasteiger partial charge in [0.25, 0.3) is 0 Å². The molecule has 0 spiro atoms. The van der Waals surface area contributed by atoms with Crippen molar-refractivity contribution in [3.63, 3.8) is 0 Å². The average Bonchev–Trinajstić information content (AvgIpc) is 3.44. The molecule has 0 N–H and O–H groups in total. The van der Waals surface area contributed by atoms with E-state index >= 15 is 0 Å². The van der Waals surface area contributed by atoms with Crippen LogP contribution in [0.15, 0.2) is 24.3 Å². The average molecular weight is 428 g/mol. The maximum atomic E-state index is 13.3. The van der Waals surface area contributed by atoms with Crippen LogP contribution in [0.3, 0.4) is 0 Å². The first-order chi connectivity index (χ1) is 14.6. The van der Waals surface area contributed by atoms with E-state index in [1.165, 1.54) is 25.0 Å². The van der Waals surface area contributed by atoms with Gasteiger partial charge in [0.15, 0.2) is 10.8 Å². The molecule has 0 unspecified atom stereocenters. The molecule has 3 aromatic rings. The molecule has 5 rings (SSSR count). The van der Waals surface area contributed by atoms with Crippen LogP contribution in [0.2, 0.25) is 0 Å². The number of thiazole rings is 1. The second kappa shape index (κ2) is 7.98. The van der Waals surface area contributed by atoms with Gasteiger partial charge in [-0.3, -0.25) is 4.79 Å². The van der Waals surface area contributed by atoms with Crippen LogP contribution in [0.1, 0.15) is 37.8 Å². The molecule has 3 heterocycles. The third kappa shape index (κ3) is 3.57. The van der Waals surface area contributed by atoms with Gasteiger partial charge in [-0.05, 0) is 50.5 Å². The first kappa shape index (κ1) is 19.5. The number of aromatic nitrogens is 3. The van der Waals surface area contributed by atoms with E-state index < -0.39 is 0 Å². The molecule has 30 heavy (non-hydrogen) atoms. The van der Waals surface area contributed by atoms with Crippen molar-refractivity contribution in [2.45, 2.75) is 39.0 Å². The van der Waals surface area contributed by atoms with Gasteiger partial charge in [-0.2, -0.15) is 10.1 Å². The van der Waals surface area contributed by atoms with Gasteiger partial charge in [0.2, 0.25) is 5.91 Å². The third-order valence-electron chi connectivity index (χ3n) is 6.23. The van der Waals surface area contributed by atoms with E-state index in [0.29, 0.717) is 5.91 Å². The molecule has 8 heteroatoms. The van der Waals surface area contributed by atoms with E-state index in [9.17, 15) is 9.18 Å². The van der Waals surface area contributed by atoms with Crippen LogP contribution in [0, 0.1) is 18.7 Å². The molecule has 1 aromatic carbocycles. The summed E-state index contributed by atoms with van der Waals surface area (Å²) in [5, 5.41) is 5.57.